The molecule has 1 heteroatoms. The maximum Gasteiger partial charge on any atom is 0.00643 e. The smallest absolute Gasteiger partial charge is 0.00643 e. The summed E-state index contributed by atoms with van der Waals surface area (Å²) in [5, 5.41) is 3.60. The van der Waals surface area contributed by atoms with Gasteiger partial charge in [0.1, 0.15) is 0 Å². The normalized spacial score (nSPS) is 23.2. The van der Waals surface area contributed by atoms with Crippen LogP contribution in [0.25, 0.3) is 0 Å². The van der Waals surface area contributed by atoms with Crippen LogP contribution < -0.4 is 5.32 Å². The third-order valence-electron chi connectivity index (χ3n) is 2.92. The zero-order valence-corrected chi connectivity index (χ0v) is 8.06. The molecule has 0 heterocycles. The highest BCUT2D eigenvalue weighted by molar-refractivity contribution is 4.78. The van der Waals surface area contributed by atoms with Crippen LogP contribution >= 0.6 is 0 Å². The fraction of sp³-hybridized carbons (Fsp3) is 1.00. The molecule has 0 aromatic heterocycles. The van der Waals surface area contributed by atoms with E-state index in [9.17, 15) is 0 Å². The maximum atomic E-state index is 3.60. The molecule has 1 fully saturated rings. The second-order valence-electron chi connectivity index (χ2n) is 4.03. The first-order valence-corrected chi connectivity index (χ1v) is 4.97. The van der Waals surface area contributed by atoms with Crippen molar-refractivity contribution in [2.75, 3.05) is 6.54 Å². The van der Waals surface area contributed by atoms with E-state index in [2.05, 4.69) is 26.1 Å². The van der Waals surface area contributed by atoms with E-state index < -0.39 is 0 Å². The van der Waals surface area contributed by atoms with Gasteiger partial charge in [0.2, 0.25) is 0 Å². The molecule has 66 valence electrons. The van der Waals surface area contributed by atoms with Gasteiger partial charge in [0.15, 0.2) is 0 Å². The van der Waals surface area contributed by atoms with Crippen LogP contribution in [0.4, 0.5) is 0 Å². The molecule has 1 saturated carbocycles. The van der Waals surface area contributed by atoms with E-state index in [0.29, 0.717) is 6.04 Å². The maximum absolute atomic E-state index is 3.60. The summed E-state index contributed by atoms with van der Waals surface area (Å²) in [6.07, 6.45) is 4.21. The Balaban J connectivity index is 2.03. The van der Waals surface area contributed by atoms with E-state index in [0.717, 1.165) is 11.8 Å². The summed E-state index contributed by atoms with van der Waals surface area (Å²) in [7, 11) is 0. The Kier molecular flexibility index (Phi) is 3.38. The van der Waals surface area contributed by atoms with E-state index in [1.807, 2.05) is 0 Å². The van der Waals surface area contributed by atoms with Crippen molar-refractivity contribution in [3.63, 3.8) is 0 Å². The molecular weight excluding hydrogens is 134 g/mol. The van der Waals surface area contributed by atoms with Gasteiger partial charge in [-0.15, -0.1) is 0 Å². The Labute approximate surface area is 70.6 Å². The molecule has 0 saturated heterocycles. The average molecular weight is 155 g/mol. The predicted octanol–water partition coefficient (Wildman–Crippen LogP) is 2.42. The lowest BCUT2D eigenvalue weighted by molar-refractivity contribution is 0.385. The van der Waals surface area contributed by atoms with Crippen molar-refractivity contribution < 1.29 is 0 Å². The van der Waals surface area contributed by atoms with E-state index in [1.165, 1.54) is 25.8 Å². The molecule has 0 aromatic carbocycles. The Morgan fingerprint density at radius 3 is 2.45 bits per heavy atom. The highest BCUT2D eigenvalue weighted by Crippen LogP contribution is 2.27. The molecule has 0 bridgehead atoms. The highest BCUT2D eigenvalue weighted by Gasteiger charge is 2.21. The first-order valence-electron chi connectivity index (χ1n) is 4.97. The van der Waals surface area contributed by atoms with Crippen LogP contribution in [0.15, 0.2) is 0 Å². The first kappa shape index (κ1) is 9.05. The lowest BCUT2D eigenvalue weighted by Gasteiger charge is -2.19. The first-order chi connectivity index (χ1) is 5.24. The Hall–Kier alpha value is -0.0400. The van der Waals surface area contributed by atoms with E-state index >= 15 is 0 Å². The Bertz CT molecular complexity index is 107. The quantitative estimate of drug-likeness (QED) is 0.643. The van der Waals surface area contributed by atoms with Crippen LogP contribution in [0.5, 0.6) is 0 Å². The van der Waals surface area contributed by atoms with E-state index in [4.69, 9.17) is 0 Å². The molecule has 1 aliphatic rings. The molecule has 0 amide bonds. The van der Waals surface area contributed by atoms with Gasteiger partial charge in [-0.25, -0.2) is 0 Å². The van der Waals surface area contributed by atoms with Gasteiger partial charge < -0.3 is 5.32 Å². The van der Waals surface area contributed by atoms with Crippen molar-refractivity contribution in [2.45, 2.75) is 46.1 Å². The molecule has 0 unspecified atom stereocenters. The number of nitrogens with one attached hydrogen (secondary N) is 1. The second kappa shape index (κ2) is 4.10. The molecule has 11 heavy (non-hydrogen) atoms. The average Bonchev–Trinajstić information content (AvgIpc) is 2.81. The van der Waals surface area contributed by atoms with Crippen LogP contribution in [-0.4, -0.2) is 12.6 Å². The number of rotatable bonds is 5. The molecule has 1 nitrogen and oxygen atoms in total. The van der Waals surface area contributed by atoms with Crippen LogP contribution in [0, 0.1) is 11.8 Å². The summed E-state index contributed by atoms with van der Waals surface area (Å²) in [6, 6.07) is 0.709. The lowest BCUT2D eigenvalue weighted by Crippen LogP contribution is -2.33. The molecule has 0 spiro atoms. The minimum atomic E-state index is 0.709. The van der Waals surface area contributed by atoms with Gasteiger partial charge in [-0.1, -0.05) is 20.3 Å². The minimum Gasteiger partial charge on any atom is -0.314 e. The summed E-state index contributed by atoms with van der Waals surface area (Å²) >= 11 is 0. The zero-order chi connectivity index (χ0) is 8.27. The van der Waals surface area contributed by atoms with E-state index in [-0.39, 0.29) is 0 Å². The van der Waals surface area contributed by atoms with Gasteiger partial charge >= 0.3 is 0 Å². The third kappa shape index (κ3) is 3.24. The third-order valence-corrected chi connectivity index (χ3v) is 2.92. The summed E-state index contributed by atoms with van der Waals surface area (Å²) in [5.74, 6) is 1.84. The molecule has 0 aliphatic heterocycles. The van der Waals surface area contributed by atoms with Crippen LogP contribution in [-0.2, 0) is 0 Å². The van der Waals surface area contributed by atoms with Gasteiger partial charge in [0, 0.05) is 6.04 Å². The van der Waals surface area contributed by atoms with Gasteiger partial charge in [0.05, 0.1) is 0 Å². The van der Waals surface area contributed by atoms with Crippen LogP contribution in [0.2, 0.25) is 0 Å². The standard InChI is InChI=1S/C10H21N/c1-4-8(2)9(3)11-7-10-5-6-10/h8-11H,4-7H2,1-3H3/t8-,9+/m1/s1. The van der Waals surface area contributed by atoms with Crippen molar-refractivity contribution in [1.82, 2.24) is 5.32 Å². The largest absolute Gasteiger partial charge is 0.314 e. The number of hydrogen-bond donors (Lipinski definition) is 1. The van der Waals surface area contributed by atoms with Gasteiger partial charge in [-0.2, -0.15) is 0 Å². The predicted molar refractivity (Wildman–Crippen MR) is 49.6 cm³/mol. The molecule has 1 N–H and O–H groups in total. The molecule has 1 rings (SSSR count). The van der Waals surface area contributed by atoms with Crippen LogP contribution in [0.1, 0.15) is 40.0 Å². The highest BCUT2D eigenvalue weighted by atomic mass is 14.9. The molecule has 0 aromatic rings. The summed E-state index contributed by atoms with van der Waals surface area (Å²) in [6.45, 7) is 8.15. The van der Waals surface area contributed by atoms with Crippen LogP contribution in [0.3, 0.4) is 0 Å². The second-order valence-corrected chi connectivity index (χ2v) is 4.03. The lowest BCUT2D eigenvalue weighted by atomic mass is 10.0. The Morgan fingerprint density at radius 1 is 1.36 bits per heavy atom. The summed E-state index contributed by atoms with van der Waals surface area (Å²) in [5.41, 5.74) is 0. The molecule has 1 aliphatic carbocycles. The fourth-order valence-electron chi connectivity index (χ4n) is 1.23. The van der Waals surface area contributed by atoms with Crippen molar-refractivity contribution >= 4 is 0 Å². The summed E-state index contributed by atoms with van der Waals surface area (Å²) < 4.78 is 0. The van der Waals surface area contributed by atoms with Crippen molar-refractivity contribution in [3.05, 3.63) is 0 Å². The molecule has 0 radical (unpaired) electrons. The monoisotopic (exact) mass is 155 g/mol. The van der Waals surface area contributed by atoms with Crippen molar-refractivity contribution in [2.24, 2.45) is 11.8 Å². The number of hydrogen-bond acceptors (Lipinski definition) is 1. The van der Waals surface area contributed by atoms with Gasteiger partial charge in [-0.05, 0) is 38.1 Å². The fourth-order valence-corrected chi connectivity index (χ4v) is 1.23. The van der Waals surface area contributed by atoms with Gasteiger partial charge in [-0.3, -0.25) is 0 Å². The minimum absolute atomic E-state index is 0.709. The van der Waals surface area contributed by atoms with Crippen molar-refractivity contribution in [1.29, 1.82) is 0 Å². The van der Waals surface area contributed by atoms with Gasteiger partial charge in [0.25, 0.3) is 0 Å². The topological polar surface area (TPSA) is 12.0 Å². The SMILES string of the molecule is CC[C@@H](C)[C@H](C)NCC1CC1. The Morgan fingerprint density at radius 2 is 2.00 bits per heavy atom. The molecular formula is C10H21N. The molecule has 2 atom stereocenters. The summed E-state index contributed by atoms with van der Waals surface area (Å²) in [4.78, 5) is 0. The van der Waals surface area contributed by atoms with Crippen molar-refractivity contribution in [3.8, 4) is 0 Å². The van der Waals surface area contributed by atoms with E-state index in [1.54, 1.807) is 0 Å². The zero-order valence-electron chi connectivity index (χ0n) is 8.06.